The molecular weight excluding hydrogens is 331 g/mol. The summed E-state index contributed by atoms with van der Waals surface area (Å²) >= 11 is 1.44. The van der Waals surface area contributed by atoms with Crippen molar-refractivity contribution in [3.05, 3.63) is 58.9 Å². The van der Waals surface area contributed by atoms with Crippen molar-refractivity contribution >= 4 is 39.1 Å². The number of esters is 1. The highest BCUT2D eigenvalue weighted by molar-refractivity contribution is 7.18. The summed E-state index contributed by atoms with van der Waals surface area (Å²) in [5, 5.41) is 3.00. The van der Waals surface area contributed by atoms with Gasteiger partial charge in [-0.1, -0.05) is 12.1 Å². The minimum atomic E-state index is -0.618. The molecule has 1 aromatic heterocycles. The van der Waals surface area contributed by atoms with E-state index in [4.69, 9.17) is 4.74 Å². The number of fused-ring (bicyclic) bond motifs is 1. The molecule has 122 valence electrons. The van der Waals surface area contributed by atoms with Crippen LogP contribution in [-0.2, 0) is 16.1 Å². The molecule has 0 unspecified atom stereocenters. The van der Waals surface area contributed by atoms with E-state index >= 15 is 0 Å². The summed E-state index contributed by atoms with van der Waals surface area (Å²) in [6.45, 7) is 1.29. The molecule has 0 aliphatic rings. The van der Waals surface area contributed by atoms with E-state index in [0.717, 1.165) is 16.3 Å². The van der Waals surface area contributed by atoms with Crippen molar-refractivity contribution in [1.29, 1.82) is 0 Å². The number of benzene rings is 2. The molecule has 1 N–H and O–H groups in total. The number of aromatic nitrogens is 1. The maximum atomic E-state index is 13.6. The van der Waals surface area contributed by atoms with Crippen LogP contribution in [0.15, 0.2) is 42.5 Å². The highest BCUT2D eigenvalue weighted by atomic mass is 32.1. The van der Waals surface area contributed by atoms with Gasteiger partial charge in [0.05, 0.1) is 21.5 Å². The summed E-state index contributed by atoms with van der Waals surface area (Å²) in [7, 11) is 0. The Labute approximate surface area is 141 Å². The molecule has 2 aromatic carbocycles. The van der Waals surface area contributed by atoms with Crippen molar-refractivity contribution in [2.24, 2.45) is 0 Å². The molecule has 0 atom stereocenters. The number of thiazole rings is 1. The number of hydrogen-bond donors (Lipinski definition) is 1. The third-order valence-corrected chi connectivity index (χ3v) is 4.19. The fourth-order valence-electron chi connectivity index (χ4n) is 2.13. The molecule has 0 aliphatic carbocycles. The van der Waals surface area contributed by atoms with Crippen molar-refractivity contribution < 1.29 is 18.7 Å². The van der Waals surface area contributed by atoms with E-state index in [-0.39, 0.29) is 17.9 Å². The number of rotatable bonds is 4. The number of halogens is 1. The predicted octanol–water partition coefficient (Wildman–Crippen LogP) is 3.75. The van der Waals surface area contributed by atoms with Crippen LogP contribution in [0.5, 0.6) is 0 Å². The fourth-order valence-corrected chi connectivity index (χ4v) is 3.01. The van der Waals surface area contributed by atoms with Crippen molar-refractivity contribution in [1.82, 2.24) is 4.98 Å². The molecule has 7 heteroatoms. The lowest BCUT2D eigenvalue weighted by molar-refractivity contribution is -0.114. The molecule has 0 bridgehead atoms. The second-order valence-electron chi connectivity index (χ2n) is 5.03. The number of hydrogen-bond acceptors (Lipinski definition) is 5. The van der Waals surface area contributed by atoms with Gasteiger partial charge in [-0.2, -0.15) is 0 Å². The van der Waals surface area contributed by atoms with Crippen LogP contribution in [0.1, 0.15) is 22.3 Å². The van der Waals surface area contributed by atoms with Gasteiger partial charge in [0, 0.05) is 6.92 Å². The number of amides is 1. The van der Waals surface area contributed by atoms with E-state index in [1.807, 2.05) is 24.3 Å². The quantitative estimate of drug-likeness (QED) is 0.732. The Morgan fingerprint density at radius 1 is 1.25 bits per heavy atom. The molecule has 1 heterocycles. The lowest BCUT2D eigenvalue weighted by Crippen LogP contribution is -2.10. The monoisotopic (exact) mass is 344 g/mol. The van der Waals surface area contributed by atoms with Gasteiger partial charge in [-0.15, -0.1) is 11.3 Å². The van der Waals surface area contributed by atoms with Gasteiger partial charge >= 0.3 is 5.97 Å². The third-order valence-electron chi connectivity index (χ3n) is 3.18. The van der Waals surface area contributed by atoms with E-state index in [9.17, 15) is 14.0 Å². The van der Waals surface area contributed by atoms with Crippen molar-refractivity contribution in [2.45, 2.75) is 13.5 Å². The van der Waals surface area contributed by atoms with Gasteiger partial charge in [0.2, 0.25) is 5.91 Å². The van der Waals surface area contributed by atoms with Gasteiger partial charge in [-0.3, -0.25) is 4.79 Å². The molecular formula is C17H13FN2O3S. The Hall–Kier alpha value is -2.80. The zero-order chi connectivity index (χ0) is 17.1. The number of ether oxygens (including phenoxy) is 1. The zero-order valence-electron chi connectivity index (χ0n) is 12.7. The number of carbonyl (C=O) groups excluding carboxylic acids is 2. The fraction of sp³-hybridized carbons (Fsp3) is 0.118. The van der Waals surface area contributed by atoms with Crippen molar-refractivity contribution in [3.63, 3.8) is 0 Å². The standard InChI is InChI=1S/C17H13FN2O3S/c1-10(21)19-14-8-11(6-7-12(14)18)17(22)23-9-16-20-13-4-2-3-5-15(13)24-16/h2-8H,9H2,1H3,(H,19,21). The average Bonchev–Trinajstić information content (AvgIpc) is 2.97. The molecule has 0 spiro atoms. The first-order chi connectivity index (χ1) is 11.5. The second kappa shape index (κ2) is 6.76. The summed E-state index contributed by atoms with van der Waals surface area (Å²) in [5.74, 6) is -1.65. The summed E-state index contributed by atoms with van der Waals surface area (Å²) < 4.78 is 19.8. The molecule has 3 rings (SSSR count). The minimum Gasteiger partial charge on any atom is -0.455 e. The van der Waals surface area contributed by atoms with Gasteiger partial charge < -0.3 is 10.1 Å². The third kappa shape index (κ3) is 3.57. The highest BCUT2D eigenvalue weighted by Crippen LogP contribution is 2.23. The molecule has 5 nitrogen and oxygen atoms in total. The Morgan fingerprint density at radius 3 is 2.79 bits per heavy atom. The first kappa shape index (κ1) is 16.1. The van der Waals surface area contributed by atoms with Crippen LogP contribution in [0.25, 0.3) is 10.2 Å². The average molecular weight is 344 g/mol. The van der Waals surface area contributed by atoms with Crippen LogP contribution < -0.4 is 5.32 Å². The largest absolute Gasteiger partial charge is 0.455 e. The van der Waals surface area contributed by atoms with Gasteiger partial charge in [0.25, 0.3) is 0 Å². The molecule has 0 saturated heterocycles. The van der Waals surface area contributed by atoms with Crippen LogP contribution in [0.4, 0.5) is 10.1 Å². The smallest absolute Gasteiger partial charge is 0.338 e. The van der Waals surface area contributed by atoms with Crippen LogP contribution in [0.3, 0.4) is 0 Å². The second-order valence-corrected chi connectivity index (χ2v) is 6.14. The lowest BCUT2D eigenvalue weighted by Gasteiger charge is -2.07. The topological polar surface area (TPSA) is 68.3 Å². The molecule has 0 aliphatic heterocycles. The van der Waals surface area contributed by atoms with Gasteiger partial charge in [-0.05, 0) is 30.3 Å². The first-order valence-corrected chi connectivity index (χ1v) is 7.93. The van der Waals surface area contributed by atoms with E-state index in [2.05, 4.69) is 10.3 Å². The van der Waals surface area contributed by atoms with Crippen LogP contribution in [-0.4, -0.2) is 16.9 Å². The highest BCUT2D eigenvalue weighted by Gasteiger charge is 2.13. The van der Waals surface area contributed by atoms with Crippen LogP contribution in [0.2, 0.25) is 0 Å². The molecule has 0 saturated carbocycles. The van der Waals surface area contributed by atoms with Crippen molar-refractivity contribution in [2.75, 3.05) is 5.32 Å². The Kier molecular flexibility index (Phi) is 4.52. The first-order valence-electron chi connectivity index (χ1n) is 7.11. The molecule has 0 radical (unpaired) electrons. The van der Waals surface area contributed by atoms with E-state index in [1.165, 1.54) is 30.4 Å². The number of anilines is 1. The Bertz CT molecular complexity index is 890. The van der Waals surface area contributed by atoms with Crippen LogP contribution >= 0.6 is 11.3 Å². The van der Waals surface area contributed by atoms with E-state index in [0.29, 0.717) is 5.01 Å². The van der Waals surface area contributed by atoms with Gasteiger partial charge in [0.1, 0.15) is 17.4 Å². The molecule has 1 amide bonds. The molecule has 24 heavy (non-hydrogen) atoms. The summed E-state index contributed by atoms with van der Waals surface area (Å²) in [4.78, 5) is 27.5. The number of para-hydroxylation sites is 1. The normalized spacial score (nSPS) is 10.6. The maximum Gasteiger partial charge on any atom is 0.338 e. The van der Waals surface area contributed by atoms with Crippen molar-refractivity contribution in [3.8, 4) is 0 Å². The number of carbonyl (C=O) groups is 2. The van der Waals surface area contributed by atoms with E-state index < -0.39 is 17.7 Å². The summed E-state index contributed by atoms with van der Waals surface area (Å²) in [5.41, 5.74) is 0.946. The zero-order valence-corrected chi connectivity index (χ0v) is 13.5. The van der Waals surface area contributed by atoms with Crippen LogP contribution in [0, 0.1) is 5.82 Å². The number of nitrogens with zero attached hydrogens (tertiary/aromatic N) is 1. The Balaban J connectivity index is 1.71. The van der Waals surface area contributed by atoms with Gasteiger partial charge in [0.15, 0.2) is 0 Å². The number of nitrogens with one attached hydrogen (secondary N) is 1. The molecule has 3 aromatic rings. The SMILES string of the molecule is CC(=O)Nc1cc(C(=O)OCc2nc3ccccc3s2)ccc1F. The molecule has 0 fully saturated rings. The Morgan fingerprint density at radius 2 is 2.04 bits per heavy atom. The minimum absolute atomic E-state index is 0.0328. The summed E-state index contributed by atoms with van der Waals surface area (Å²) in [6, 6.07) is 11.3. The predicted molar refractivity (Wildman–Crippen MR) is 89.4 cm³/mol. The summed E-state index contributed by atoms with van der Waals surface area (Å²) in [6.07, 6.45) is 0. The maximum absolute atomic E-state index is 13.6. The van der Waals surface area contributed by atoms with E-state index in [1.54, 1.807) is 0 Å². The lowest BCUT2D eigenvalue weighted by atomic mass is 10.2. The van der Waals surface area contributed by atoms with Gasteiger partial charge in [-0.25, -0.2) is 14.2 Å².